The van der Waals surface area contributed by atoms with Gasteiger partial charge in [0.25, 0.3) is 0 Å². The lowest BCUT2D eigenvalue weighted by Crippen LogP contribution is -1.91. The number of fused-ring (bicyclic) bond motifs is 1. The van der Waals surface area contributed by atoms with Gasteiger partial charge in [0.05, 0.1) is 17.6 Å². The van der Waals surface area contributed by atoms with E-state index in [1.807, 2.05) is 28.8 Å². The minimum atomic E-state index is 0.631. The van der Waals surface area contributed by atoms with E-state index < -0.39 is 0 Å². The predicted molar refractivity (Wildman–Crippen MR) is 67.8 cm³/mol. The second-order valence-corrected chi connectivity index (χ2v) is 4.16. The molecule has 0 saturated carbocycles. The Morgan fingerprint density at radius 3 is 2.88 bits per heavy atom. The predicted octanol–water partition coefficient (Wildman–Crippen LogP) is 2.63. The SMILES string of the molecule is Nc1cncc(-c2cnc3cc(Cl)ccn23)c1. The standard InChI is InChI=1S/C12H9ClN4/c13-9-1-2-17-11(7-16-12(17)4-9)8-3-10(14)6-15-5-8/h1-7H,14H2. The maximum atomic E-state index is 5.91. The average molecular weight is 245 g/mol. The Morgan fingerprint density at radius 2 is 2.06 bits per heavy atom. The van der Waals surface area contributed by atoms with Crippen LogP contribution in [-0.4, -0.2) is 14.4 Å². The van der Waals surface area contributed by atoms with Crippen LogP contribution >= 0.6 is 11.6 Å². The van der Waals surface area contributed by atoms with Gasteiger partial charge in [-0.15, -0.1) is 0 Å². The molecule has 0 aromatic carbocycles. The molecule has 84 valence electrons. The van der Waals surface area contributed by atoms with Crippen LogP contribution < -0.4 is 5.73 Å². The second kappa shape index (κ2) is 3.75. The van der Waals surface area contributed by atoms with Crippen molar-refractivity contribution in [2.24, 2.45) is 0 Å². The quantitative estimate of drug-likeness (QED) is 0.716. The van der Waals surface area contributed by atoms with E-state index >= 15 is 0 Å². The molecule has 2 N–H and O–H groups in total. The monoisotopic (exact) mass is 244 g/mol. The van der Waals surface area contributed by atoms with Crippen LogP contribution in [-0.2, 0) is 0 Å². The highest BCUT2D eigenvalue weighted by molar-refractivity contribution is 6.30. The van der Waals surface area contributed by atoms with Gasteiger partial charge in [-0.1, -0.05) is 11.6 Å². The van der Waals surface area contributed by atoms with Crippen molar-refractivity contribution in [3.05, 3.63) is 48.0 Å². The van der Waals surface area contributed by atoms with Gasteiger partial charge in [-0.3, -0.25) is 9.38 Å². The van der Waals surface area contributed by atoms with Gasteiger partial charge in [-0.05, 0) is 12.1 Å². The molecule has 0 amide bonds. The number of nitrogen functional groups attached to an aromatic ring is 1. The molecule has 4 nitrogen and oxygen atoms in total. The molecule has 3 aromatic heterocycles. The molecule has 3 aromatic rings. The molecule has 3 heterocycles. The van der Waals surface area contributed by atoms with E-state index in [-0.39, 0.29) is 0 Å². The van der Waals surface area contributed by atoms with Crippen LogP contribution in [0, 0.1) is 0 Å². The molecule has 0 unspecified atom stereocenters. The van der Waals surface area contributed by atoms with E-state index in [4.69, 9.17) is 17.3 Å². The van der Waals surface area contributed by atoms with Crippen LogP contribution in [0.25, 0.3) is 16.9 Å². The fraction of sp³-hybridized carbons (Fsp3) is 0. The Morgan fingerprint density at radius 1 is 1.18 bits per heavy atom. The summed E-state index contributed by atoms with van der Waals surface area (Å²) in [5, 5.41) is 0.667. The fourth-order valence-electron chi connectivity index (χ4n) is 1.77. The Bertz CT molecular complexity index is 690. The van der Waals surface area contributed by atoms with E-state index in [1.54, 1.807) is 18.6 Å². The Labute approximate surface area is 103 Å². The normalized spacial score (nSPS) is 10.9. The lowest BCUT2D eigenvalue weighted by atomic mass is 10.2. The molecule has 0 aliphatic rings. The van der Waals surface area contributed by atoms with Crippen molar-refractivity contribution in [3.8, 4) is 11.3 Å². The maximum absolute atomic E-state index is 5.91. The van der Waals surface area contributed by atoms with Crippen LogP contribution in [0.5, 0.6) is 0 Å². The smallest absolute Gasteiger partial charge is 0.138 e. The van der Waals surface area contributed by atoms with Gasteiger partial charge >= 0.3 is 0 Å². The molecule has 0 fully saturated rings. The molecule has 0 radical (unpaired) electrons. The molecule has 0 saturated heterocycles. The topological polar surface area (TPSA) is 56.2 Å². The lowest BCUT2D eigenvalue weighted by molar-refractivity contribution is 1.18. The van der Waals surface area contributed by atoms with Gasteiger partial charge in [-0.2, -0.15) is 0 Å². The molecular formula is C12H9ClN4. The zero-order valence-electron chi connectivity index (χ0n) is 8.84. The first-order chi connectivity index (χ1) is 8.24. The van der Waals surface area contributed by atoms with Crippen molar-refractivity contribution in [1.82, 2.24) is 14.4 Å². The first-order valence-electron chi connectivity index (χ1n) is 5.07. The number of anilines is 1. The molecule has 3 rings (SSSR count). The highest BCUT2D eigenvalue weighted by atomic mass is 35.5. The Hall–Kier alpha value is -2.07. The van der Waals surface area contributed by atoms with Gasteiger partial charge in [0.1, 0.15) is 5.65 Å². The van der Waals surface area contributed by atoms with E-state index in [0.29, 0.717) is 10.7 Å². The largest absolute Gasteiger partial charge is 0.397 e. The fourth-order valence-corrected chi connectivity index (χ4v) is 1.92. The summed E-state index contributed by atoms with van der Waals surface area (Å²) >= 11 is 5.91. The van der Waals surface area contributed by atoms with Crippen molar-refractivity contribution >= 4 is 22.9 Å². The summed E-state index contributed by atoms with van der Waals surface area (Å²) in [6.07, 6.45) is 7.03. The number of rotatable bonds is 1. The molecule has 0 bridgehead atoms. The minimum Gasteiger partial charge on any atom is -0.397 e. The molecule has 0 spiro atoms. The summed E-state index contributed by atoms with van der Waals surface area (Å²) in [6, 6.07) is 5.50. The van der Waals surface area contributed by atoms with Gasteiger partial charge < -0.3 is 5.73 Å². The summed E-state index contributed by atoms with van der Waals surface area (Å²) in [7, 11) is 0. The molecule has 5 heteroatoms. The van der Waals surface area contributed by atoms with E-state index in [1.165, 1.54) is 0 Å². The van der Waals surface area contributed by atoms with E-state index in [9.17, 15) is 0 Å². The molecular weight excluding hydrogens is 236 g/mol. The summed E-state index contributed by atoms with van der Waals surface area (Å²) in [6.45, 7) is 0. The first-order valence-corrected chi connectivity index (χ1v) is 5.45. The van der Waals surface area contributed by atoms with Crippen molar-refractivity contribution in [1.29, 1.82) is 0 Å². The van der Waals surface area contributed by atoms with Gasteiger partial charge in [0.15, 0.2) is 0 Å². The van der Waals surface area contributed by atoms with Crippen LogP contribution in [0.2, 0.25) is 5.02 Å². The van der Waals surface area contributed by atoms with Gasteiger partial charge in [0, 0.05) is 35.2 Å². The molecule has 17 heavy (non-hydrogen) atoms. The number of nitrogens with two attached hydrogens (primary N) is 1. The molecule has 0 atom stereocenters. The zero-order chi connectivity index (χ0) is 11.8. The third-order valence-corrected chi connectivity index (χ3v) is 2.77. The van der Waals surface area contributed by atoms with E-state index in [2.05, 4.69) is 9.97 Å². The van der Waals surface area contributed by atoms with Crippen LogP contribution in [0.4, 0.5) is 5.69 Å². The number of hydrogen-bond donors (Lipinski definition) is 1. The first kappa shape index (κ1) is 10.1. The third-order valence-electron chi connectivity index (χ3n) is 2.53. The Balaban J connectivity index is 2.24. The Kier molecular flexibility index (Phi) is 2.23. The molecule has 0 aliphatic heterocycles. The number of pyridine rings is 2. The number of halogens is 1. The van der Waals surface area contributed by atoms with Crippen LogP contribution in [0.15, 0.2) is 43.0 Å². The summed E-state index contributed by atoms with van der Waals surface area (Å²) in [5.74, 6) is 0. The van der Waals surface area contributed by atoms with Crippen LogP contribution in [0.1, 0.15) is 0 Å². The lowest BCUT2D eigenvalue weighted by Gasteiger charge is -2.02. The maximum Gasteiger partial charge on any atom is 0.138 e. The third kappa shape index (κ3) is 1.72. The van der Waals surface area contributed by atoms with Gasteiger partial charge in [0.2, 0.25) is 0 Å². The second-order valence-electron chi connectivity index (χ2n) is 3.72. The number of nitrogens with zero attached hydrogens (tertiary/aromatic N) is 3. The highest BCUT2D eigenvalue weighted by Gasteiger charge is 2.06. The van der Waals surface area contributed by atoms with Crippen molar-refractivity contribution in [2.45, 2.75) is 0 Å². The number of hydrogen-bond acceptors (Lipinski definition) is 3. The summed E-state index contributed by atoms with van der Waals surface area (Å²) in [5.41, 5.74) is 9.02. The zero-order valence-corrected chi connectivity index (χ0v) is 9.59. The van der Waals surface area contributed by atoms with Crippen molar-refractivity contribution in [3.63, 3.8) is 0 Å². The summed E-state index contributed by atoms with van der Waals surface area (Å²) in [4.78, 5) is 8.37. The van der Waals surface area contributed by atoms with E-state index in [0.717, 1.165) is 16.9 Å². The highest BCUT2D eigenvalue weighted by Crippen LogP contribution is 2.22. The summed E-state index contributed by atoms with van der Waals surface area (Å²) < 4.78 is 1.95. The molecule has 0 aliphatic carbocycles. The number of imidazole rings is 1. The minimum absolute atomic E-state index is 0.631. The average Bonchev–Trinajstić information content (AvgIpc) is 2.71. The van der Waals surface area contributed by atoms with Crippen molar-refractivity contribution in [2.75, 3.05) is 5.73 Å². The van der Waals surface area contributed by atoms with Gasteiger partial charge in [-0.25, -0.2) is 4.98 Å². The number of aromatic nitrogens is 3. The van der Waals surface area contributed by atoms with Crippen LogP contribution in [0.3, 0.4) is 0 Å². The van der Waals surface area contributed by atoms with Crippen molar-refractivity contribution < 1.29 is 0 Å².